The van der Waals surface area contributed by atoms with Crippen LogP contribution >= 0.6 is 0 Å². The summed E-state index contributed by atoms with van der Waals surface area (Å²) in [6, 6.07) is 60.2. The van der Waals surface area contributed by atoms with Crippen LogP contribution in [0.15, 0.2) is 164 Å². The zero-order valence-corrected chi connectivity index (χ0v) is 26.0. The lowest BCUT2D eigenvalue weighted by Crippen LogP contribution is -2.16. The summed E-state index contributed by atoms with van der Waals surface area (Å²) in [5.74, 6) is 0. The Balaban J connectivity index is 1.22. The predicted molar refractivity (Wildman–Crippen MR) is 197 cm³/mol. The fourth-order valence-electron chi connectivity index (χ4n) is 7.67. The van der Waals surface area contributed by atoms with Crippen LogP contribution in [0.2, 0.25) is 0 Å². The van der Waals surface area contributed by atoms with E-state index in [2.05, 4.69) is 183 Å². The van der Waals surface area contributed by atoms with Crippen molar-refractivity contribution >= 4 is 49.4 Å². The van der Waals surface area contributed by atoms with E-state index in [-0.39, 0.29) is 5.41 Å². The van der Waals surface area contributed by atoms with Gasteiger partial charge in [-0.15, -0.1) is 0 Å². The minimum Gasteiger partial charge on any atom is -0.310 e. The molecule has 0 saturated carbocycles. The van der Waals surface area contributed by atoms with E-state index in [0.29, 0.717) is 0 Å². The lowest BCUT2D eigenvalue weighted by Gasteiger charge is -2.28. The van der Waals surface area contributed by atoms with Gasteiger partial charge in [-0.2, -0.15) is 0 Å². The summed E-state index contributed by atoms with van der Waals surface area (Å²) in [5, 5.41) is 7.67. The highest BCUT2D eigenvalue weighted by Gasteiger charge is 2.35. The lowest BCUT2D eigenvalue weighted by atomic mass is 9.82. The van der Waals surface area contributed by atoms with Gasteiger partial charge < -0.3 is 4.90 Å². The highest BCUT2D eigenvalue weighted by atomic mass is 15.1. The molecule has 218 valence electrons. The van der Waals surface area contributed by atoms with Crippen molar-refractivity contribution in [2.45, 2.75) is 19.3 Å². The molecule has 0 N–H and O–H groups in total. The molecule has 0 unspecified atom stereocenters. The molecule has 0 aliphatic heterocycles. The fraction of sp³-hybridized carbons (Fsp3) is 0.0667. The summed E-state index contributed by atoms with van der Waals surface area (Å²) in [5.41, 5.74) is 11.3. The van der Waals surface area contributed by atoms with Gasteiger partial charge in [0.25, 0.3) is 0 Å². The van der Waals surface area contributed by atoms with Crippen molar-refractivity contribution in [3.63, 3.8) is 0 Å². The van der Waals surface area contributed by atoms with Crippen LogP contribution in [0.5, 0.6) is 0 Å². The van der Waals surface area contributed by atoms with Gasteiger partial charge in [0.2, 0.25) is 0 Å². The lowest BCUT2D eigenvalue weighted by molar-refractivity contribution is 0.660. The van der Waals surface area contributed by atoms with E-state index in [1.807, 2.05) is 0 Å². The van der Waals surface area contributed by atoms with Gasteiger partial charge in [-0.25, -0.2) is 0 Å². The second-order valence-electron chi connectivity index (χ2n) is 13.0. The van der Waals surface area contributed by atoms with Crippen LogP contribution in [0, 0.1) is 0 Å². The highest BCUT2D eigenvalue weighted by molar-refractivity contribution is 6.17. The van der Waals surface area contributed by atoms with E-state index in [9.17, 15) is 0 Å². The number of fused-ring (bicyclic) bond motifs is 8. The molecule has 0 heterocycles. The van der Waals surface area contributed by atoms with Crippen molar-refractivity contribution in [2.75, 3.05) is 4.90 Å². The molecule has 1 nitrogen and oxygen atoms in total. The number of nitrogens with zero attached hydrogens (tertiary/aromatic N) is 1. The largest absolute Gasteiger partial charge is 0.310 e. The standard InChI is InChI=1S/C45H33N/c1-45(2)43-15-9-8-14-41(43)42-27-23-36(29-44(42)45)46(34-20-16-31(17-21-34)30-10-4-3-5-11-30)35-22-26-38-33(28-35)19-25-39-37-13-7-6-12-32(37)18-24-40(38)39/h3-29H,1-2H3. The topological polar surface area (TPSA) is 3.24 Å². The van der Waals surface area contributed by atoms with E-state index in [4.69, 9.17) is 0 Å². The zero-order valence-electron chi connectivity index (χ0n) is 26.0. The molecule has 0 atom stereocenters. The second-order valence-corrected chi connectivity index (χ2v) is 13.0. The van der Waals surface area contributed by atoms with Gasteiger partial charge in [0, 0.05) is 22.5 Å². The van der Waals surface area contributed by atoms with Crippen LogP contribution in [-0.4, -0.2) is 0 Å². The average molecular weight is 588 g/mol. The van der Waals surface area contributed by atoms with Crippen molar-refractivity contribution < 1.29 is 0 Å². The Bertz CT molecular complexity index is 2430. The molecule has 0 spiro atoms. The number of hydrogen-bond acceptors (Lipinski definition) is 1. The first-order chi connectivity index (χ1) is 22.6. The Labute approximate surface area is 270 Å². The molecule has 1 aliphatic rings. The molecular weight excluding hydrogens is 555 g/mol. The van der Waals surface area contributed by atoms with Gasteiger partial charge in [-0.1, -0.05) is 141 Å². The first kappa shape index (κ1) is 26.7. The van der Waals surface area contributed by atoms with Crippen molar-refractivity contribution in [3.05, 3.63) is 175 Å². The maximum absolute atomic E-state index is 2.41. The molecule has 0 saturated heterocycles. The molecule has 0 bridgehead atoms. The summed E-state index contributed by atoms with van der Waals surface area (Å²) < 4.78 is 0. The van der Waals surface area contributed by atoms with Crippen molar-refractivity contribution in [1.82, 2.24) is 0 Å². The third-order valence-electron chi connectivity index (χ3n) is 10.0. The Kier molecular flexibility index (Phi) is 5.92. The summed E-state index contributed by atoms with van der Waals surface area (Å²) in [6.07, 6.45) is 0. The Hall–Kier alpha value is -5.66. The van der Waals surface area contributed by atoms with E-state index >= 15 is 0 Å². The first-order valence-electron chi connectivity index (χ1n) is 16.1. The van der Waals surface area contributed by atoms with Gasteiger partial charge in [-0.05, 0) is 102 Å². The normalized spacial score (nSPS) is 13.2. The SMILES string of the molecule is CC1(C)c2ccccc2-c2ccc(N(c3ccc(-c4ccccc4)cc3)c3ccc4c(ccc5c6ccccc6ccc45)c3)cc21. The molecule has 8 aromatic carbocycles. The smallest absolute Gasteiger partial charge is 0.0468 e. The van der Waals surface area contributed by atoms with Crippen LogP contribution in [0.3, 0.4) is 0 Å². The second kappa shape index (κ2) is 10.2. The Morgan fingerprint density at radius 2 is 0.935 bits per heavy atom. The predicted octanol–water partition coefficient (Wildman–Crippen LogP) is 12.6. The summed E-state index contributed by atoms with van der Waals surface area (Å²) in [7, 11) is 0. The van der Waals surface area contributed by atoms with Gasteiger partial charge >= 0.3 is 0 Å². The Morgan fingerprint density at radius 3 is 1.76 bits per heavy atom. The highest BCUT2D eigenvalue weighted by Crippen LogP contribution is 2.50. The summed E-state index contributed by atoms with van der Waals surface area (Å²) in [4.78, 5) is 2.41. The van der Waals surface area contributed by atoms with Gasteiger partial charge in [-0.3, -0.25) is 0 Å². The molecule has 0 amide bonds. The zero-order chi connectivity index (χ0) is 30.8. The van der Waals surface area contributed by atoms with Crippen molar-refractivity contribution in [1.29, 1.82) is 0 Å². The van der Waals surface area contributed by atoms with Gasteiger partial charge in [0.1, 0.15) is 0 Å². The molecule has 0 fully saturated rings. The van der Waals surface area contributed by atoms with Gasteiger partial charge in [0.15, 0.2) is 0 Å². The van der Waals surface area contributed by atoms with Crippen LogP contribution in [-0.2, 0) is 5.41 Å². The number of rotatable bonds is 4. The minimum absolute atomic E-state index is 0.0736. The fourth-order valence-corrected chi connectivity index (χ4v) is 7.67. The summed E-state index contributed by atoms with van der Waals surface area (Å²) >= 11 is 0. The van der Waals surface area contributed by atoms with E-state index in [1.54, 1.807) is 0 Å². The molecule has 1 heteroatoms. The monoisotopic (exact) mass is 587 g/mol. The molecule has 46 heavy (non-hydrogen) atoms. The molecular formula is C45H33N. The third kappa shape index (κ3) is 4.09. The van der Waals surface area contributed by atoms with Gasteiger partial charge in [0.05, 0.1) is 0 Å². The van der Waals surface area contributed by atoms with Crippen LogP contribution < -0.4 is 4.90 Å². The Morgan fingerprint density at radius 1 is 0.370 bits per heavy atom. The molecule has 0 aromatic heterocycles. The quantitative estimate of drug-likeness (QED) is 0.185. The van der Waals surface area contributed by atoms with Crippen molar-refractivity contribution in [2.24, 2.45) is 0 Å². The first-order valence-corrected chi connectivity index (χ1v) is 16.1. The van der Waals surface area contributed by atoms with E-state index in [0.717, 1.165) is 11.4 Å². The minimum atomic E-state index is -0.0736. The molecule has 8 aromatic rings. The van der Waals surface area contributed by atoms with E-state index < -0.39 is 0 Å². The number of benzene rings is 8. The molecule has 9 rings (SSSR count). The average Bonchev–Trinajstić information content (AvgIpc) is 3.34. The number of hydrogen-bond donors (Lipinski definition) is 0. The summed E-state index contributed by atoms with van der Waals surface area (Å²) in [6.45, 7) is 4.70. The third-order valence-corrected chi connectivity index (χ3v) is 10.0. The maximum Gasteiger partial charge on any atom is 0.0468 e. The van der Waals surface area contributed by atoms with Crippen LogP contribution in [0.1, 0.15) is 25.0 Å². The van der Waals surface area contributed by atoms with Crippen molar-refractivity contribution in [3.8, 4) is 22.3 Å². The van der Waals surface area contributed by atoms with E-state index in [1.165, 1.54) is 71.4 Å². The maximum atomic E-state index is 2.41. The van der Waals surface area contributed by atoms with Crippen LogP contribution in [0.4, 0.5) is 17.1 Å². The van der Waals surface area contributed by atoms with Crippen LogP contribution in [0.25, 0.3) is 54.6 Å². The molecule has 1 aliphatic carbocycles. The number of anilines is 3. The molecule has 0 radical (unpaired) electrons.